The summed E-state index contributed by atoms with van der Waals surface area (Å²) in [4.78, 5) is 24.3. The standard InChI is InChI=1S/C49H89NO5/c1-3-5-7-9-11-13-14-15-20-23-27-31-35-39-43-49(54)55-44-40-36-32-28-24-21-18-16-17-19-22-26-30-34-38-42-48(53)50-46(45-51)47(52)41-37-33-29-25-12-10-8-6-4-2/h9,11,14-16,18,21,24,46-47,51-52H,3-8,10,12-13,17,19-20,22-23,25-45H2,1-2H3,(H,50,53)/b11-9-,15-14-,18-16-,24-21-. The number of aliphatic hydroxyl groups is 2. The molecule has 0 aliphatic heterocycles. The average molecular weight is 772 g/mol. The first-order valence-corrected chi connectivity index (χ1v) is 23.4. The average Bonchev–Trinajstić information content (AvgIpc) is 3.18. The third kappa shape index (κ3) is 41.3. The van der Waals surface area contributed by atoms with Gasteiger partial charge in [0.15, 0.2) is 0 Å². The second-order valence-corrected chi connectivity index (χ2v) is 15.8. The van der Waals surface area contributed by atoms with E-state index in [-0.39, 0.29) is 18.5 Å². The van der Waals surface area contributed by atoms with Crippen LogP contribution in [-0.2, 0) is 14.3 Å². The second-order valence-electron chi connectivity index (χ2n) is 15.8. The molecule has 0 aromatic rings. The van der Waals surface area contributed by atoms with Crippen molar-refractivity contribution in [3.05, 3.63) is 48.6 Å². The monoisotopic (exact) mass is 772 g/mol. The molecule has 2 unspecified atom stereocenters. The van der Waals surface area contributed by atoms with Gasteiger partial charge < -0.3 is 20.3 Å². The number of hydrogen-bond acceptors (Lipinski definition) is 5. The minimum Gasteiger partial charge on any atom is -0.466 e. The number of aliphatic hydroxyl groups excluding tert-OH is 2. The summed E-state index contributed by atoms with van der Waals surface area (Å²) in [6.07, 6.45) is 53.6. The number of unbranched alkanes of at least 4 members (excludes halogenated alkanes) is 24. The first kappa shape index (κ1) is 52.8. The summed E-state index contributed by atoms with van der Waals surface area (Å²) < 4.78 is 5.42. The fraction of sp³-hybridized carbons (Fsp3) is 0.796. The van der Waals surface area contributed by atoms with Gasteiger partial charge in [0.1, 0.15) is 0 Å². The molecule has 3 N–H and O–H groups in total. The third-order valence-electron chi connectivity index (χ3n) is 10.4. The molecule has 0 aliphatic rings. The molecular weight excluding hydrogens is 683 g/mol. The highest BCUT2D eigenvalue weighted by atomic mass is 16.5. The van der Waals surface area contributed by atoms with Gasteiger partial charge >= 0.3 is 5.97 Å². The topological polar surface area (TPSA) is 95.9 Å². The number of nitrogens with one attached hydrogen (secondary N) is 1. The number of amides is 1. The summed E-state index contributed by atoms with van der Waals surface area (Å²) >= 11 is 0. The zero-order valence-corrected chi connectivity index (χ0v) is 36.1. The number of allylic oxidation sites excluding steroid dienone is 8. The summed E-state index contributed by atoms with van der Waals surface area (Å²) in [6.45, 7) is 4.80. The Balaban J connectivity index is 3.54. The zero-order valence-electron chi connectivity index (χ0n) is 36.1. The number of esters is 1. The van der Waals surface area contributed by atoms with Crippen LogP contribution in [0.5, 0.6) is 0 Å². The highest BCUT2D eigenvalue weighted by molar-refractivity contribution is 5.76. The molecule has 0 heterocycles. The van der Waals surface area contributed by atoms with Gasteiger partial charge in [-0.15, -0.1) is 0 Å². The fourth-order valence-electron chi connectivity index (χ4n) is 6.70. The fourth-order valence-corrected chi connectivity index (χ4v) is 6.70. The largest absolute Gasteiger partial charge is 0.466 e. The van der Waals surface area contributed by atoms with E-state index in [9.17, 15) is 19.8 Å². The number of hydrogen-bond donors (Lipinski definition) is 3. The van der Waals surface area contributed by atoms with Crippen LogP contribution in [0.15, 0.2) is 48.6 Å². The van der Waals surface area contributed by atoms with Crippen molar-refractivity contribution in [1.82, 2.24) is 5.32 Å². The molecule has 6 heteroatoms. The van der Waals surface area contributed by atoms with Gasteiger partial charge in [0.05, 0.1) is 25.4 Å². The van der Waals surface area contributed by atoms with E-state index in [2.05, 4.69) is 67.8 Å². The zero-order chi connectivity index (χ0) is 40.1. The van der Waals surface area contributed by atoms with Gasteiger partial charge in [-0.25, -0.2) is 0 Å². The SMILES string of the molecule is CCCC/C=C\C/C=C\CCCCCCCC(=O)OCCCCC/C=C\C=C/CCCCCCCCC(=O)NC(CO)C(O)CCCCCCCCCCC. The van der Waals surface area contributed by atoms with Crippen molar-refractivity contribution in [2.45, 2.75) is 238 Å². The molecule has 0 radical (unpaired) electrons. The highest BCUT2D eigenvalue weighted by Crippen LogP contribution is 2.14. The van der Waals surface area contributed by atoms with Crippen LogP contribution in [0.3, 0.4) is 0 Å². The summed E-state index contributed by atoms with van der Waals surface area (Å²) in [5, 5.41) is 23.0. The van der Waals surface area contributed by atoms with Gasteiger partial charge in [-0.2, -0.15) is 0 Å². The van der Waals surface area contributed by atoms with E-state index in [1.165, 1.54) is 103 Å². The van der Waals surface area contributed by atoms with Crippen molar-refractivity contribution in [2.75, 3.05) is 13.2 Å². The Kier molecular flexibility index (Phi) is 42.8. The van der Waals surface area contributed by atoms with Crippen LogP contribution in [0.2, 0.25) is 0 Å². The molecule has 0 aromatic heterocycles. The van der Waals surface area contributed by atoms with Crippen LogP contribution in [0, 0.1) is 0 Å². The summed E-state index contributed by atoms with van der Waals surface area (Å²) in [5.74, 6) is -0.101. The third-order valence-corrected chi connectivity index (χ3v) is 10.4. The predicted octanol–water partition coefficient (Wildman–Crippen LogP) is 13.5. The van der Waals surface area contributed by atoms with Crippen molar-refractivity contribution in [2.24, 2.45) is 0 Å². The maximum absolute atomic E-state index is 12.4. The van der Waals surface area contributed by atoms with Crippen molar-refractivity contribution in [3.63, 3.8) is 0 Å². The van der Waals surface area contributed by atoms with E-state index in [4.69, 9.17) is 4.74 Å². The van der Waals surface area contributed by atoms with Crippen LogP contribution in [0.1, 0.15) is 226 Å². The maximum atomic E-state index is 12.4. The second kappa shape index (κ2) is 44.5. The summed E-state index contributed by atoms with van der Waals surface area (Å²) in [6, 6.07) is -0.557. The van der Waals surface area contributed by atoms with Gasteiger partial charge in [-0.05, 0) is 83.5 Å². The molecule has 0 aliphatic carbocycles. The van der Waals surface area contributed by atoms with Crippen LogP contribution in [0.25, 0.3) is 0 Å². The highest BCUT2D eigenvalue weighted by Gasteiger charge is 2.20. The molecule has 0 saturated heterocycles. The van der Waals surface area contributed by atoms with Crippen LogP contribution in [-0.4, -0.2) is 47.4 Å². The lowest BCUT2D eigenvalue weighted by Gasteiger charge is -2.22. The van der Waals surface area contributed by atoms with E-state index in [1.807, 2.05) is 0 Å². The van der Waals surface area contributed by atoms with E-state index in [0.29, 0.717) is 25.9 Å². The van der Waals surface area contributed by atoms with Gasteiger partial charge in [0.25, 0.3) is 0 Å². The lowest BCUT2D eigenvalue weighted by Crippen LogP contribution is -2.45. The Labute approximate surface area is 340 Å². The van der Waals surface area contributed by atoms with Gasteiger partial charge in [0, 0.05) is 12.8 Å². The molecule has 0 fully saturated rings. The molecule has 1 amide bonds. The van der Waals surface area contributed by atoms with E-state index in [1.54, 1.807) is 0 Å². The molecule has 320 valence electrons. The lowest BCUT2D eigenvalue weighted by molar-refractivity contribution is -0.143. The molecule has 0 spiro atoms. The van der Waals surface area contributed by atoms with Gasteiger partial charge in [0.2, 0.25) is 5.91 Å². The van der Waals surface area contributed by atoms with E-state index in [0.717, 1.165) is 89.9 Å². The van der Waals surface area contributed by atoms with Crippen molar-refractivity contribution in [1.29, 1.82) is 0 Å². The lowest BCUT2D eigenvalue weighted by atomic mass is 10.0. The molecule has 0 aromatic carbocycles. The van der Waals surface area contributed by atoms with Crippen LogP contribution >= 0.6 is 0 Å². The number of carbonyl (C=O) groups excluding carboxylic acids is 2. The molecule has 0 bridgehead atoms. The van der Waals surface area contributed by atoms with E-state index >= 15 is 0 Å². The quantitative estimate of drug-likeness (QED) is 0.0249. The Morgan fingerprint density at radius 2 is 0.982 bits per heavy atom. The van der Waals surface area contributed by atoms with Crippen LogP contribution in [0.4, 0.5) is 0 Å². The number of ether oxygens (including phenoxy) is 1. The first-order chi connectivity index (χ1) is 27.0. The maximum Gasteiger partial charge on any atom is 0.305 e. The van der Waals surface area contributed by atoms with Crippen molar-refractivity contribution < 1.29 is 24.5 Å². The minimum absolute atomic E-state index is 0.0378. The molecule has 55 heavy (non-hydrogen) atoms. The van der Waals surface area contributed by atoms with Crippen molar-refractivity contribution in [3.8, 4) is 0 Å². The first-order valence-electron chi connectivity index (χ1n) is 23.4. The molecule has 2 atom stereocenters. The Morgan fingerprint density at radius 1 is 0.527 bits per heavy atom. The molecule has 0 saturated carbocycles. The van der Waals surface area contributed by atoms with Crippen molar-refractivity contribution >= 4 is 11.9 Å². The van der Waals surface area contributed by atoms with Crippen LogP contribution < -0.4 is 5.32 Å². The Hall–Kier alpha value is -2.18. The summed E-state index contributed by atoms with van der Waals surface area (Å²) in [7, 11) is 0. The smallest absolute Gasteiger partial charge is 0.305 e. The Bertz CT molecular complexity index is 942. The number of carbonyl (C=O) groups is 2. The van der Waals surface area contributed by atoms with E-state index < -0.39 is 12.1 Å². The predicted molar refractivity (Wildman–Crippen MR) is 236 cm³/mol. The molecule has 6 nitrogen and oxygen atoms in total. The normalized spacial score (nSPS) is 13.2. The van der Waals surface area contributed by atoms with Gasteiger partial charge in [-0.1, -0.05) is 178 Å². The molecule has 0 rings (SSSR count). The number of rotatable bonds is 42. The van der Waals surface area contributed by atoms with Gasteiger partial charge in [-0.3, -0.25) is 9.59 Å². The summed E-state index contributed by atoms with van der Waals surface area (Å²) in [5.41, 5.74) is 0. The minimum atomic E-state index is -0.677. The molecular formula is C49H89NO5. The Morgan fingerprint density at radius 3 is 1.55 bits per heavy atom.